The van der Waals surface area contributed by atoms with Gasteiger partial charge in [-0.25, -0.2) is 0 Å². The van der Waals surface area contributed by atoms with Crippen LogP contribution in [0.1, 0.15) is 87.0 Å². The maximum atomic E-state index is 14.0. The Hall–Kier alpha value is -2.12. The van der Waals surface area contributed by atoms with Crippen molar-refractivity contribution >= 4 is 23.3 Å². The third kappa shape index (κ3) is 3.75. The molecule has 0 amide bonds. The molecule has 7 nitrogen and oxygen atoms in total. The number of carboxylic acid groups (broad SMARTS) is 1. The molecule has 2 fully saturated rings. The average molecular weight is 515 g/mol. The molecule has 0 bridgehead atoms. The van der Waals surface area contributed by atoms with Crippen molar-refractivity contribution in [3.63, 3.8) is 0 Å². The lowest BCUT2D eigenvalue weighted by Crippen LogP contribution is -2.60. The van der Waals surface area contributed by atoms with Crippen LogP contribution in [0.2, 0.25) is 0 Å². The third-order valence-corrected chi connectivity index (χ3v) is 11.2. The predicted molar refractivity (Wildman–Crippen MR) is 137 cm³/mol. The van der Waals surface area contributed by atoms with Gasteiger partial charge < -0.3 is 15.3 Å². The monoisotopic (exact) mass is 514 g/mol. The van der Waals surface area contributed by atoms with Gasteiger partial charge in [0.2, 0.25) is 0 Å². The van der Waals surface area contributed by atoms with Crippen molar-refractivity contribution in [2.45, 2.75) is 99.2 Å². The van der Waals surface area contributed by atoms with Crippen LogP contribution in [0.3, 0.4) is 0 Å². The van der Waals surface area contributed by atoms with E-state index in [1.807, 2.05) is 34.6 Å². The summed E-state index contributed by atoms with van der Waals surface area (Å²) >= 11 is 0. The molecule has 2 saturated carbocycles. The van der Waals surface area contributed by atoms with Crippen LogP contribution in [0.5, 0.6) is 0 Å². The average Bonchev–Trinajstić information content (AvgIpc) is 2.99. The van der Waals surface area contributed by atoms with Gasteiger partial charge in [-0.1, -0.05) is 47.1 Å². The maximum Gasteiger partial charge on any atom is 0.306 e. The Labute approximate surface area is 219 Å². The number of aliphatic hydroxyl groups excluding tert-OH is 2. The van der Waals surface area contributed by atoms with E-state index in [1.165, 1.54) is 13.0 Å². The second-order valence-electron chi connectivity index (χ2n) is 13.5. The zero-order valence-electron chi connectivity index (χ0n) is 23.2. The first-order valence-corrected chi connectivity index (χ1v) is 13.5. The van der Waals surface area contributed by atoms with Crippen LogP contribution in [-0.2, 0) is 19.2 Å². The number of ketones is 3. The van der Waals surface area contributed by atoms with Crippen molar-refractivity contribution < 1.29 is 34.5 Å². The van der Waals surface area contributed by atoms with Crippen LogP contribution < -0.4 is 0 Å². The summed E-state index contributed by atoms with van der Waals surface area (Å²) in [6.45, 7) is 13.1. The number of allylic oxidation sites excluding steroid dienone is 3. The Morgan fingerprint density at radius 3 is 2.30 bits per heavy atom. The molecule has 7 heteroatoms. The van der Waals surface area contributed by atoms with Gasteiger partial charge in [-0.15, -0.1) is 0 Å². The van der Waals surface area contributed by atoms with Crippen LogP contribution in [0.15, 0.2) is 22.8 Å². The molecule has 0 aromatic heterocycles. The van der Waals surface area contributed by atoms with E-state index in [2.05, 4.69) is 6.92 Å². The molecule has 0 radical (unpaired) electrons. The molecule has 0 spiro atoms. The molecule has 0 aromatic carbocycles. The van der Waals surface area contributed by atoms with Crippen LogP contribution in [0.25, 0.3) is 0 Å². The normalized spacial score (nSPS) is 42.1. The summed E-state index contributed by atoms with van der Waals surface area (Å²) in [5, 5.41) is 32.4. The second kappa shape index (κ2) is 8.70. The summed E-state index contributed by atoms with van der Waals surface area (Å²) in [6.07, 6.45) is 1.42. The van der Waals surface area contributed by atoms with Crippen molar-refractivity contribution in [1.82, 2.24) is 0 Å². The highest BCUT2D eigenvalue weighted by Crippen LogP contribution is 2.71. The van der Waals surface area contributed by atoms with E-state index >= 15 is 0 Å². The van der Waals surface area contributed by atoms with Gasteiger partial charge >= 0.3 is 5.97 Å². The predicted octanol–water partition coefficient (Wildman–Crippen LogP) is 4.05. The van der Waals surface area contributed by atoms with E-state index in [1.54, 1.807) is 0 Å². The van der Waals surface area contributed by atoms with E-state index in [4.69, 9.17) is 5.11 Å². The van der Waals surface area contributed by atoms with E-state index in [0.29, 0.717) is 36.8 Å². The summed E-state index contributed by atoms with van der Waals surface area (Å²) < 4.78 is 0. The molecular weight excluding hydrogens is 472 g/mol. The maximum absolute atomic E-state index is 14.0. The van der Waals surface area contributed by atoms with E-state index in [-0.39, 0.29) is 42.0 Å². The van der Waals surface area contributed by atoms with Crippen molar-refractivity contribution in [1.29, 1.82) is 0 Å². The second-order valence-corrected chi connectivity index (χ2v) is 13.5. The van der Waals surface area contributed by atoms with Gasteiger partial charge in [0.05, 0.1) is 18.1 Å². The highest BCUT2D eigenvalue weighted by Gasteiger charge is 2.69. The Morgan fingerprint density at radius 1 is 1.08 bits per heavy atom. The summed E-state index contributed by atoms with van der Waals surface area (Å²) in [6, 6.07) is 0. The van der Waals surface area contributed by atoms with Crippen LogP contribution in [0, 0.1) is 39.4 Å². The fourth-order valence-corrected chi connectivity index (χ4v) is 8.77. The number of carbonyl (C=O) groups excluding carboxylic acids is 3. The lowest BCUT2D eigenvalue weighted by Gasteiger charge is -2.61. The molecule has 0 unspecified atom stereocenters. The molecule has 204 valence electrons. The van der Waals surface area contributed by atoms with Crippen LogP contribution >= 0.6 is 0 Å². The number of carbonyl (C=O) groups is 4. The fraction of sp³-hybridized carbons (Fsp3) is 0.733. The van der Waals surface area contributed by atoms with Gasteiger partial charge in [0.25, 0.3) is 0 Å². The Morgan fingerprint density at radius 2 is 1.70 bits per heavy atom. The molecule has 8 atom stereocenters. The molecule has 0 heterocycles. The minimum atomic E-state index is -1.03. The topological polar surface area (TPSA) is 129 Å². The standard InChI is InChI=1S/C30H42O7/c1-15(10-17(31)11-16(2)26(36)37)18-12-23(35)30(7)25-19(32)13-21-27(3,4)22(34)8-9-28(21,5)24(25)20(33)14-29(18,30)6/h10,16,18-19,21,23,32,35H,8-9,11-14H2,1-7H3,(H,36,37)/b15-10+/t16-,18+,19-,21-,23-,28-,29+,30-/m0/s1. The number of carboxylic acids is 1. The van der Waals surface area contributed by atoms with E-state index in [9.17, 15) is 29.4 Å². The van der Waals surface area contributed by atoms with Gasteiger partial charge in [-0.05, 0) is 55.1 Å². The molecule has 4 rings (SSSR count). The zero-order chi connectivity index (χ0) is 27.9. The molecule has 0 aliphatic heterocycles. The first-order valence-electron chi connectivity index (χ1n) is 13.5. The van der Waals surface area contributed by atoms with Crippen molar-refractivity contribution in [3.05, 3.63) is 22.8 Å². The lowest BCUT2D eigenvalue weighted by atomic mass is 9.42. The lowest BCUT2D eigenvalue weighted by molar-refractivity contribution is -0.145. The van der Waals surface area contributed by atoms with Gasteiger partial charge in [0, 0.05) is 41.1 Å². The number of hydrogen-bond acceptors (Lipinski definition) is 6. The highest BCUT2D eigenvalue weighted by molar-refractivity contribution is 6.01. The third-order valence-electron chi connectivity index (χ3n) is 11.2. The van der Waals surface area contributed by atoms with Gasteiger partial charge in [0.1, 0.15) is 5.78 Å². The zero-order valence-corrected chi connectivity index (χ0v) is 23.2. The number of hydrogen-bond donors (Lipinski definition) is 3. The largest absolute Gasteiger partial charge is 0.481 e. The first-order chi connectivity index (χ1) is 16.9. The minimum Gasteiger partial charge on any atom is -0.481 e. The molecule has 37 heavy (non-hydrogen) atoms. The summed E-state index contributed by atoms with van der Waals surface area (Å²) in [5.41, 5.74) is -0.855. The van der Waals surface area contributed by atoms with E-state index in [0.717, 1.165) is 5.57 Å². The van der Waals surface area contributed by atoms with Gasteiger partial charge in [-0.2, -0.15) is 0 Å². The first kappa shape index (κ1) is 27.9. The number of aliphatic hydroxyl groups is 2. The van der Waals surface area contributed by atoms with Gasteiger partial charge in [0.15, 0.2) is 11.6 Å². The Bertz CT molecular complexity index is 1130. The van der Waals surface area contributed by atoms with Crippen molar-refractivity contribution in [3.8, 4) is 0 Å². The molecule has 4 aliphatic rings. The number of rotatable bonds is 5. The molecule has 0 aromatic rings. The molecule has 3 N–H and O–H groups in total. The molecule has 4 aliphatic carbocycles. The Kier molecular flexibility index (Phi) is 6.56. The minimum absolute atomic E-state index is 0.0379. The summed E-state index contributed by atoms with van der Waals surface area (Å²) in [5.74, 6) is -2.44. The van der Waals surface area contributed by atoms with Crippen molar-refractivity contribution in [2.75, 3.05) is 0 Å². The highest BCUT2D eigenvalue weighted by atomic mass is 16.4. The van der Waals surface area contributed by atoms with Crippen LogP contribution in [0.4, 0.5) is 0 Å². The molecular formula is C30H42O7. The number of fused-ring (bicyclic) bond motifs is 4. The van der Waals surface area contributed by atoms with Gasteiger partial charge in [-0.3, -0.25) is 19.2 Å². The van der Waals surface area contributed by atoms with E-state index < -0.39 is 45.8 Å². The fourth-order valence-electron chi connectivity index (χ4n) is 8.77. The molecule has 0 saturated heterocycles. The number of aliphatic carboxylic acids is 1. The van der Waals surface area contributed by atoms with Crippen molar-refractivity contribution in [2.24, 2.45) is 39.4 Å². The summed E-state index contributed by atoms with van der Waals surface area (Å²) in [7, 11) is 0. The smallest absolute Gasteiger partial charge is 0.306 e. The summed E-state index contributed by atoms with van der Waals surface area (Å²) in [4.78, 5) is 50.7. The SMILES string of the molecule is C/C(=C\C(=O)C[C@H](C)C(=O)O)[C@H]1C[C@H](O)[C@@]2(C)C3=C(C(=O)C[C@]12C)[C@@]1(C)CCC(=O)C(C)(C)[C@@H]1C[C@@H]3O. The van der Waals surface area contributed by atoms with Crippen LogP contribution in [-0.4, -0.2) is 50.8 Å². The Balaban J connectivity index is 1.80. The quantitative estimate of drug-likeness (QED) is 0.472. The number of Topliss-reactive ketones (excluding diaryl/α,β-unsaturated/α-hetero) is 2.